The van der Waals surface area contributed by atoms with E-state index < -0.39 is 23.0 Å². The average Bonchev–Trinajstić information content (AvgIpc) is 2.51. The number of aliphatic carboxylic acids is 2. The highest BCUT2D eigenvalue weighted by Gasteiger charge is 2.42. The summed E-state index contributed by atoms with van der Waals surface area (Å²) >= 11 is 0. The molecule has 0 saturated heterocycles. The number of unbranched alkanes of at least 4 members (excludes halogenated alkanes) is 2. The quantitative estimate of drug-likeness (QED) is 0.297. The van der Waals surface area contributed by atoms with Crippen molar-refractivity contribution in [3.8, 4) is 0 Å². The molecule has 0 amide bonds. The molecule has 140 valence electrons. The third kappa shape index (κ3) is 6.92. The molecule has 0 aromatic heterocycles. The number of hydrogen-bond acceptors (Lipinski definition) is 6. The summed E-state index contributed by atoms with van der Waals surface area (Å²) in [6.45, 7) is 4.21. The summed E-state index contributed by atoms with van der Waals surface area (Å²) in [7, 11) is 0. The number of carbonyl (C=O) groups is 2. The summed E-state index contributed by atoms with van der Waals surface area (Å²) in [6.07, 6.45) is 3.46. The summed E-state index contributed by atoms with van der Waals surface area (Å²) in [5.74, 6) is -2.71. The van der Waals surface area contributed by atoms with Crippen LogP contribution < -0.4 is 0 Å². The van der Waals surface area contributed by atoms with Crippen molar-refractivity contribution in [2.24, 2.45) is 16.1 Å². The van der Waals surface area contributed by atoms with Crippen LogP contribution in [-0.4, -0.2) is 56.7 Å². The Hall–Kier alpha value is -1.54. The molecule has 4 N–H and O–H groups in total. The van der Waals surface area contributed by atoms with E-state index >= 15 is 0 Å². The van der Waals surface area contributed by atoms with Crippen molar-refractivity contribution in [2.45, 2.75) is 70.4 Å². The SMILES string of the molecule is CC(C)(/N=N/C(C)(C(=O)O)C(CCCCO)CCCCO)C(=O)O. The highest BCUT2D eigenvalue weighted by molar-refractivity contribution is 5.79. The van der Waals surface area contributed by atoms with Gasteiger partial charge in [0.1, 0.15) is 0 Å². The molecule has 0 spiro atoms. The van der Waals surface area contributed by atoms with Crippen LogP contribution >= 0.6 is 0 Å². The summed E-state index contributed by atoms with van der Waals surface area (Å²) in [5.41, 5.74) is -3.05. The zero-order valence-corrected chi connectivity index (χ0v) is 14.7. The molecule has 0 aliphatic heterocycles. The molecule has 0 bridgehead atoms. The van der Waals surface area contributed by atoms with Crippen molar-refractivity contribution >= 4 is 11.9 Å². The van der Waals surface area contributed by atoms with Gasteiger partial charge in [0.2, 0.25) is 0 Å². The van der Waals surface area contributed by atoms with E-state index in [1.807, 2.05) is 0 Å². The first-order valence-electron chi connectivity index (χ1n) is 8.24. The normalized spacial score (nSPS) is 14.9. The van der Waals surface area contributed by atoms with Gasteiger partial charge in [-0.2, -0.15) is 10.2 Å². The van der Waals surface area contributed by atoms with Gasteiger partial charge in [-0.1, -0.05) is 12.8 Å². The zero-order chi connectivity index (χ0) is 18.8. The lowest BCUT2D eigenvalue weighted by atomic mass is 9.79. The number of nitrogens with zero attached hydrogens (tertiary/aromatic N) is 2. The number of carboxylic acids is 2. The summed E-state index contributed by atoms with van der Waals surface area (Å²) < 4.78 is 0. The van der Waals surface area contributed by atoms with E-state index in [2.05, 4.69) is 10.2 Å². The van der Waals surface area contributed by atoms with Crippen molar-refractivity contribution in [3.05, 3.63) is 0 Å². The molecule has 1 atom stereocenters. The highest BCUT2D eigenvalue weighted by atomic mass is 16.4. The van der Waals surface area contributed by atoms with Gasteiger partial charge in [0.05, 0.1) is 0 Å². The van der Waals surface area contributed by atoms with Crippen LogP contribution in [-0.2, 0) is 9.59 Å². The van der Waals surface area contributed by atoms with Crippen LogP contribution in [0, 0.1) is 5.92 Å². The second kappa shape index (κ2) is 10.4. The Kier molecular flexibility index (Phi) is 9.69. The topological polar surface area (TPSA) is 140 Å². The Morgan fingerprint density at radius 1 is 0.833 bits per heavy atom. The maximum atomic E-state index is 11.8. The lowest BCUT2D eigenvalue weighted by Crippen LogP contribution is -2.42. The zero-order valence-electron chi connectivity index (χ0n) is 14.7. The Balaban J connectivity index is 5.40. The van der Waals surface area contributed by atoms with Gasteiger partial charge in [-0.3, -0.25) is 0 Å². The van der Waals surface area contributed by atoms with E-state index in [0.717, 1.165) is 0 Å². The Labute approximate surface area is 142 Å². The Bertz CT molecular complexity index is 428. The minimum Gasteiger partial charge on any atom is -0.479 e. The number of aliphatic hydroxyl groups excluding tert-OH is 2. The second-order valence-corrected chi connectivity index (χ2v) is 6.65. The van der Waals surface area contributed by atoms with Crippen molar-refractivity contribution < 1.29 is 30.0 Å². The minimum absolute atomic E-state index is 0.0285. The van der Waals surface area contributed by atoms with E-state index in [0.29, 0.717) is 38.5 Å². The molecule has 0 aliphatic carbocycles. The molecule has 8 nitrogen and oxygen atoms in total. The van der Waals surface area contributed by atoms with Gasteiger partial charge in [-0.25, -0.2) is 9.59 Å². The second-order valence-electron chi connectivity index (χ2n) is 6.65. The largest absolute Gasteiger partial charge is 0.479 e. The maximum absolute atomic E-state index is 11.8. The van der Waals surface area contributed by atoms with E-state index in [1.165, 1.54) is 20.8 Å². The maximum Gasteiger partial charge on any atom is 0.333 e. The Morgan fingerprint density at radius 2 is 1.29 bits per heavy atom. The van der Waals surface area contributed by atoms with Gasteiger partial charge >= 0.3 is 11.9 Å². The van der Waals surface area contributed by atoms with Gasteiger partial charge in [-0.05, 0) is 52.4 Å². The molecular weight excluding hydrogens is 316 g/mol. The fraction of sp³-hybridized carbons (Fsp3) is 0.875. The molecule has 8 heteroatoms. The third-order valence-electron chi connectivity index (χ3n) is 4.18. The van der Waals surface area contributed by atoms with Crippen LogP contribution in [0.25, 0.3) is 0 Å². The third-order valence-corrected chi connectivity index (χ3v) is 4.18. The number of aliphatic hydroxyl groups is 2. The lowest BCUT2D eigenvalue weighted by molar-refractivity contribution is -0.146. The Morgan fingerprint density at radius 3 is 1.62 bits per heavy atom. The van der Waals surface area contributed by atoms with E-state index in [4.69, 9.17) is 15.3 Å². The molecule has 0 fully saturated rings. The van der Waals surface area contributed by atoms with E-state index in [-0.39, 0.29) is 19.1 Å². The molecule has 0 aromatic carbocycles. The molecule has 0 aliphatic rings. The standard InChI is InChI=1S/C16H30N2O6/c1-15(2,13(21)22)17-18-16(3,14(23)24)12(8-4-6-10-19)9-5-7-11-20/h12,19-20H,4-11H2,1-3H3,(H,21,22)(H,23,24)/b18-17+. The number of rotatable bonds is 13. The number of hydrogen-bond donors (Lipinski definition) is 4. The highest BCUT2D eigenvalue weighted by Crippen LogP contribution is 2.33. The first-order chi connectivity index (χ1) is 11.1. The summed E-state index contributed by atoms with van der Waals surface area (Å²) in [4.78, 5) is 23.0. The van der Waals surface area contributed by atoms with Crippen molar-refractivity contribution in [3.63, 3.8) is 0 Å². The van der Waals surface area contributed by atoms with Crippen LogP contribution in [0.2, 0.25) is 0 Å². The lowest BCUT2D eigenvalue weighted by Gasteiger charge is -2.30. The van der Waals surface area contributed by atoms with Gasteiger partial charge in [0.15, 0.2) is 11.1 Å². The van der Waals surface area contributed by atoms with Gasteiger partial charge in [0, 0.05) is 13.2 Å². The fourth-order valence-electron chi connectivity index (χ4n) is 2.28. The minimum atomic E-state index is -1.54. The fourth-order valence-corrected chi connectivity index (χ4v) is 2.28. The molecule has 24 heavy (non-hydrogen) atoms. The van der Waals surface area contributed by atoms with Gasteiger partial charge in [-0.15, -0.1) is 0 Å². The van der Waals surface area contributed by atoms with Crippen LogP contribution in [0.3, 0.4) is 0 Å². The van der Waals surface area contributed by atoms with Crippen molar-refractivity contribution in [1.29, 1.82) is 0 Å². The first-order valence-corrected chi connectivity index (χ1v) is 8.24. The van der Waals surface area contributed by atoms with Crippen LogP contribution in [0.5, 0.6) is 0 Å². The molecule has 0 saturated carbocycles. The van der Waals surface area contributed by atoms with E-state index in [1.54, 1.807) is 0 Å². The molecule has 0 rings (SSSR count). The van der Waals surface area contributed by atoms with Crippen LogP contribution in [0.1, 0.15) is 59.3 Å². The predicted octanol–water partition coefficient (Wildman–Crippen LogP) is 2.09. The van der Waals surface area contributed by atoms with Crippen molar-refractivity contribution in [2.75, 3.05) is 13.2 Å². The average molecular weight is 346 g/mol. The molecule has 1 unspecified atom stereocenters. The molecule has 0 radical (unpaired) electrons. The first kappa shape index (κ1) is 22.5. The molecular formula is C16H30N2O6. The van der Waals surface area contributed by atoms with Crippen molar-refractivity contribution in [1.82, 2.24) is 0 Å². The van der Waals surface area contributed by atoms with Gasteiger partial charge in [0.25, 0.3) is 0 Å². The number of azo groups is 1. The molecule has 0 aromatic rings. The predicted molar refractivity (Wildman–Crippen MR) is 88.0 cm³/mol. The van der Waals surface area contributed by atoms with Crippen LogP contribution in [0.4, 0.5) is 0 Å². The van der Waals surface area contributed by atoms with E-state index in [9.17, 15) is 14.7 Å². The summed E-state index contributed by atoms with van der Waals surface area (Å²) in [6, 6.07) is 0. The monoisotopic (exact) mass is 346 g/mol. The number of carboxylic acid groups (broad SMARTS) is 2. The van der Waals surface area contributed by atoms with Crippen LogP contribution in [0.15, 0.2) is 10.2 Å². The summed E-state index contributed by atoms with van der Waals surface area (Å²) in [5, 5.41) is 44.3. The smallest absolute Gasteiger partial charge is 0.333 e. The molecule has 0 heterocycles. The van der Waals surface area contributed by atoms with Gasteiger partial charge < -0.3 is 20.4 Å².